The fourth-order valence-electron chi connectivity index (χ4n) is 1.27. The molecular weight excluding hydrogens is 194 g/mol. The summed E-state index contributed by atoms with van der Waals surface area (Å²) in [6, 6.07) is 0.731. The van der Waals surface area contributed by atoms with Crippen LogP contribution < -0.4 is 5.01 Å². The average molecular weight is 208 g/mol. The third-order valence-electron chi connectivity index (χ3n) is 1.58. The maximum atomic E-state index is 3.78. The second-order valence-electron chi connectivity index (χ2n) is 3.24. The molecule has 1 aromatic heterocycles. The Hall–Kier alpha value is 0.130. The van der Waals surface area contributed by atoms with Gasteiger partial charge in [0.25, 0.3) is 0 Å². The number of rotatable bonds is 3. The molecule has 0 aromatic carbocycles. The van der Waals surface area contributed by atoms with Gasteiger partial charge in [-0.2, -0.15) is 0 Å². The van der Waals surface area contributed by atoms with Gasteiger partial charge in [-0.15, -0.1) is 0 Å². The van der Waals surface area contributed by atoms with Gasteiger partial charge in [0.1, 0.15) is 0 Å². The molecule has 0 aliphatic rings. The minimum Gasteiger partial charge on any atom is -0.329 e. The summed E-state index contributed by atoms with van der Waals surface area (Å²) in [7, 11) is 0. The molecule has 0 unspecified atom stereocenters. The van der Waals surface area contributed by atoms with E-state index in [1.165, 1.54) is 0 Å². The molecule has 5 nitrogen and oxygen atoms in total. The fraction of sp³-hybridized carbons (Fsp3) is 0.857. The molecule has 0 N–H and O–H groups in total. The van der Waals surface area contributed by atoms with E-state index >= 15 is 0 Å². The summed E-state index contributed by atoms with van der Waals surface area (Å²) >= 11 is 0. The van der Waals surface area contributed by atoms with E-state index in [1.54, 1.807) is 4.79 Å². The van der Waals surface area contributed by atoms with Crippen molar-refractivity contribution in [3.05, 3.63) is 6.33 Å². The molecule has 13 heavy (non-hydrogen) atoms. The minimum atomic E-state index is 0. The Labute approximate surface area is 108 Å². The van der Waals surface area contributed by atoms with E-state index in [0.717, 1.165) is 0 Å². The van der Waals surface area contributed by atoms with Crippen molar-refractivity contribution in [2.75, 3.05) is 5.01 Å². The van der Waals surface area contributed by atoms with Crippen molar-refractivity contribution in [1.29, 1.82) is 0 Å². The zero-order chi connectivity index (χ0) is 9.14. The molecule has 1 heterocycles. The molecule has 0 saturated heterocycles. The first-order valence-corrected chi connectivity index (χ1v) is 4.07. The van der Waals surface area contributed by atoms with E-state index in [4.69, 9.17) is 0 Å². The molecule has 0 radical (unpaired) electrons. The Morgan fingerprint density at radius 2 is 1.69 bits per heavy atom. The molecule has 0 atom stereocenters. The Bertz CT molecular complexity index is 213. The maximum absolute atomic E-state index is 3.78. The Morgan fingerprint density at radius 1 is 1.15 bits per heavy atom. The van der Waals surface area contributed by atoms with Crippen LogP contribution in [0.2, 0.25) is 0 Å². The van der Waals surface area contributed by atoms with Crippen LogP contribution in [0.5, 0.6) is 0 Å². The number of aromatic nitrogens is 4. The number of hydrogen-bond acceptors (Lipinski definition) is 4. The Morgan fingerprint density at radius 3 is 2.00 bits per heavy atom. The summed E-state index contributed by atoms with van der Waals surface area (Å²) in [5.74, 6) is 0. The largest absolute Gasteiger partial charge is 0.329 e. The van der Waals surface area contributed by atoms with Gasteiger partial charge in [-0.1, -0.05) is 10.4 Å². The number of hydrogen-bond donors (Lipinski definition) is 0. The smallest absolute Gasteiger partial charge is 0.0387 e. The Kier molecular flexibility index (Phi) is 5.83. The molecule has 0 bridgehead atoms. The molecule has 1 rings (SSSR count). The minimum absolute atomic E-state index is 0. The third kappa shape index (κ3) is 3.40. The first-order valence-electron chi connectivity index (χ1n) is 4.07. The van der Waals surface area contributed by atoms with Crippen LogP contribution in [0.25, 0.3) is 0 Å². The molecule has 0 saturated carbocycles. The summed E-state index contributed by atoms with van der Waals surface area (Å²) in [5, 5.41) is 12.8. The van der Waals surface area contributed by atoms with Gasteiger partial charge in [0.05, 0.1) is 0 Å². The van der Waals surface area contributed by atoms with Crippen molar-refractivity contribution >= 4 is 0 Å². The number of nitrogens with zero attached hydrogens (tertiary/aromatic N) is 5. The van der Waals surface area contributed by atoms with Crippen molar-refractivity contribution in [3.63, 3.8) is 0 Å². The van der Waals surface area contributed by atoms with Crippen LogP contribution in [0.15, 0.2) is 0 Å². The summed E-state index contributed by atoms with van der Waals surface area (Å²) in [5.41, 5.74) is 0. The Balaban J connectivity index is 0.00000144. The second kappa shape index (κ2) is 5.78. The van der Waals surface area contributed by atoms with Crippen LogP contribution in [0.1, 0.15) is 27.7 Å². The van der Waals surface area contributed by atoms with Crippen LogP contribution in [0.3, 0.4) is 0 Å². The molecule has 1 aromatic rings. The molecule has 76 valence electrons. The van der Waals surface area contributed by atoms with Crippen molar-refractivity contribution in [2.45, 2.75) is 39.8 Å². The quantitative estimate of drug-likeness (QED) is 0.667. The molecule has 0 amide bonds. The van der Waals surface area contributed by atoms with Crippen molar-refractivity contribution < 1.29 is 37.7 Å². The summed E-state index contributed by atoms with van der Waals surface area (Å²) < 4.78 is 0. The van der Waals surface area contributed by atoms with Gasteiger partial charge >= 0.3 is 0 Å². The van der Waals surface area contributed by atoms with Crippen LogP contribution >= 0.6 is 0 Å². The van der Waals surface area contributed by atoms with E-state index in [0.29, 0.717) is 12.1 Å². The maximum Gasteiger partial charge on any atom is 0.0387 e. The fourth-order valence-corrected chi connectivity index (χ4v) is 1.27. The molecule has 0 spiro atoms. The summed E-state index contributed by atoms with van der Waals surface area (Å²) in [6.07, 6.45) is 2.67. The van der Waals surface area contributed by atoms with Gasteiger partial charge in [0.15, 0.2) is 0 Å². The van der Waals surface area contributed by atoms with E-state index < -0.39 is 0 Å². The van der Waals surface area contributed by atoms with Crippen LogP contribution in [-0.4, -0.2) is 32.4 Å². The first-order chi connectivity index (χ1) is 5.63. The second-order valence-corrected chi connectivity index (χ2v) is 3.24. The molecule has 0 fully saturated rings. The molecule has 6 heteroatoms. The summed E-state index contributed by atoms with van der Waals surface area (Å²) in [4.78, 5) is 1.55. The van der Waals surface area contributed by atoms with Crippen LogP contribution in [0.4, 0.5) is 0 Å². The zero-order valence-corrected chi connectivity index (χ0v) is 8.95. The van der Waals surface area contributed by atoms with E-state index in [2.05, 4.69) is 49.5 Å². The van der Waals surface area contributed by atoms with Gasteiger partial charge in [0.2, 0.25) is 0 Å². The average Bonchev–Trinajstić information content (AvgIpc) is 2.37. The number of tetrazole rings is 1. The SMILES string of the molecule is CC(C)N(C(C)C)n1[c-]nnn1.[Ar]. The normalized spacial score (nSPS) is 10.3. The van der Waals surface area contributed by atoms with E-state index in [9.17, 15) is 0 Å². The van der Waals surface area contributed by atoms with E-state index in [-0.39, 0.29) is 37.7 Å². The van der Waals surface area contributed by atoms with Crippen LogP contribution in [0, 0.1) is 44.1 Å². The predicted octanol–water partition coefficient (Wildman–Crippen LogP) is 0.228. The zero-order valence-electron chi connectivity index (χ0n) is 8.24. The molecule has 0 aliphatic carbocycles. The van der Waals surface area contributed by atoms with Gasteiger partial charge in [-0.25, -0.2) is 6.33 Å². The van der Waals surface area contributed by atoms with Crippen molar-refractivity contribution in [2.24, 2.45) is 0 Å². The van der Waals surface area contributed by atoms with Gasteiger partial charge in [-0.3, -0.25) is 0 Å². The first kappa shape index (κ1) is 13.1. The molecule has 0 aliphatic heterocycles. The van der Waals surface area contributed by atoms with Gasteiger partial charge < -0.3 is 14.9 Å². The topological polar surface area (TPSA) is 46.8 Å². The third-order valence-corrected chi connectivity index (χ3v) is 1.58. The van der Waals surface area contributed by atoms with E-state index in [1.807, 2.05) is 5.01 Å². The standard InChI is InChI=1S/C7H14N5.Ar/c1-6(2)12(7(3)4)11-5-8-9-10-11;/h6-7H,1-4H3;/q-1;. The predicted molar refractivity (Wildman–Crippen MR) is 45.1 cm³/mol. The van der Waals surface area contributed by atoms with Crippen molar-refractivity contribution in [3.8, 4) is 0 Å². The van der Waals surface area contributed by atoms with Gasteiger partial charge in [0, 0.05) is 49.8 Å². The summed E-state index contributed by atoms with van der Waals surface area (Å²) in [6.45, 7) is 8.37. The van der Waals surface area contributed by atoms with Crippen molar-refractivity contribution in [1.82, 2.24) is 20.3 Å². The van der Waals surface area contributed by atoms with Gasteiger partial charge in [-0.05, 0) is 27.7 Å². The molecular formula is C7H14ArN5-. The van der Waals surface area contributed by atoms with Crippen LogP contribution in [-0.2, 0) is 0 Å². The monoisotopic (exact) mass is 208 g/mol.